The summed E-state index contributed by atoms with van der Waals surface area (Å²) in [5.74, 6) is -2.72. The first-order valence-corrected chi connectivity index (χ1v) is 6.87. The zero-order chi connectivity index (χ0) is 15.6. The molecule has 0 bridgehead atoms. The van der Waals surface area contributed by atoms with Gasteiger partial charge in [0, 0.05) is 12.1 Å². The zero-order valence-corrected chi connectivity index (χ0v) is 11.7. The minimum absolute atomic E-state index is 0.203. The van der Waals surface area contributed by atoms with Crippen LogP contribution in [0.3, 0.4) is 0 Å². The number of nitrogens with one attached hydrogen (secondary N) is 1. The van der Waals surface area contributed by atoms with Crippen LogP contribution >= 0.6 is 0 Å². The molecule has 2 atom stereocenters. The molecule has 114 valence electrons. The Hall–Kier alpha value is -2.11. The van der Waals surface area contributed by atoms with Gasteiger partial charge in [-0.3, -0.25) is 9.59 Å². The van der Waals surface area contributed by atoms with E-state index in [1.165, 1.54) is 12.1 Å². The molecule has 0 aromatic heterocycles. The number of aromatic hydroxyl groups is 1. The van der Waals surface area contributed by atoms with E-state index in [-0.39, 0.29) is 11.3 Å². The molecule has 0 aliphatic heterocycles. The Labute approximate surface area is 121 Å². The maximum atomic E-state index is 13.7. The molecule has 21 heavy (non-hydrogen) atoms. The Balaban J connectivity index is 2.19. The highest BCUT2D eigenvalue weighted by Crippen LogP contribution is 2.36. The van der Waals surface area contributed by atoms with E-state index in [2.05, 4.69) is 5.32 Å². The van der Waals surface area contributed by atoms with Crippen molar-refractivity contribution in [1.82, 2.24) is 5.32 Å². The summed E-state index contributed by atoms with van der Waals surface area (Å²) in [5.41, 5.74) is -1.24. The van der Waals surface area contributed by atoms with Gasteiger partial charge in [-0.1, -0.05) is 12.8 Å². The fraction of sp³-hybridized carbons (Fsp3) is 0.467. The lowest BCUT2D eigenvalue weighted by molar-refractivity contribution is -0.151. The van der Waals surface area contributed by atoms with E-state index in [0.29, 0.717) is 12.8 Å². The highest BCUT2D eigenvalue weighted by atomic mass is 19.1. The van der Waals surface area contributed by atoms with Gasteiger partial charge in [0.2, 0.25) is 0 Å². The van der Waals surface area contributed by atoms with E-state index >= 15 is 0 Å². The number of halogens is 1. The Kier molecular flexibility index (Phi) is 4.16. The molecule has 3 N–H and O–H groups in total. The lowest BCUT2D eigenvalue weighted by atomic mass is 9.71. The number of phenolic OH excluding ortho intramolecular Hbond substituents is 1. The SMILES string of the molecule is CC1(C(=O)O)CCCCC1NC(=O)c1ccc(O)cc1F. The van der Waals surface area contributed by atoms with Crippen LogP contribution < -0.4 is 5.32 Å². The van der Waals surface area contributed by atoms with E-state index < -0.39 is 29.2 Å². The monoisotopic (exact) mass is 295 g/mol. The Morgan fingerprint density at radius 1 is 1.38 bits per heavy atom. The minimum Gasteiger partial charge on any atom is -0.508 e. The van der Waals surface area contributed by atoms with Crippen LogP contribution in [0.15, 0.2) is 18.2 Å². The molecule has 0 heterocycles. The van der Waals surface area contributed by atoms with Crippen molar-refractivity contribution < 1.29 is 24.2 Å². The third kappa shape index (κ3) is 2.99. The summed E-state index contributed by atoms with van der Waals surface area (Å²) in [4.78, 5) is 23.6. The zero-order valence-electron chi connectivity index (χ0n) is 11.7. The number of phenols is 1. The highest BCUT2D eigenvalue weighted by molar-refractivity contribution is 5.95. The van der Waals surface area contributed by atoms with E-state index in [1.807, 2.05) is 0 Å². The van der Waals surface area contributed by atoms with Crippen molar-refractivity contribution >= 4 is 11.9 Å². The van der Waals surface area contributed by atoms with E-state index in [4.69, 9.17) is 5.11 Å². The predicted molar refractivity (Wildman–Crippen MR) is 73.5 cm³/mol. The summed E-state index contributed by atoms with van der Waals surface area (Å²) in [6, 6.07) is 2.71. The van der Waals surface area contributed by atoms with E-state index in [0.717, 1.165) is 18.9 Å². The molecule has 2 unspecified atom stereocenters. The largest absolute Gasteiger partial charge is 0.508 e. The number of benzene rings is 1. The quantitative estimate of drug-likeness (QED) is 0.798. The molecule has 1 aliphatic rings. The van der Waals surface area contributed by atoms with Crippen molar-refractivity contribution in [1.29, 1.82) is 0 Å². The van der Waals surface area contributed by atoms with Crippen LogP contribution in [0.4, 0.5) is 4.39 Å². The molecule has 1 aromatic rings. The predicted octanol–water partition coefficient (Wildman–Crippen LogP) is 2.29. The smallest absolute Gasteiger partial charge is 0.311 e. The van der Waals surface area contributed by atoms with Gasteiger partial charge in [-0.05, 0) is 31.9 Å². The molecule has 5 nitrogen and oxygen atoms in total. The first kappa shape index (κ1) is 15.3. The number of hydrogen-bond donors (Lipinski definition) is 3. The third-order valence-corrected chi connectivity index (χ3v) is 4.20. The molecule has 1 fully saturated rings. The van der Waals surface area contributed by atoms with Crippen molar-refractivity contribution in [2.45, 2.75) is 38.6 Å². The fourth-order valence-electron chi connectivity index (χ4n) is 2.75. The van der Waals surface area contributed by atoms with Crippen LogP contribution in [0.25, 0.3) is 0 Å². The number of rotatable bonds is 3. The first-order chi connectivity index (χ1) is 9.84. The molecule has 6 heteroatoms. The minimum atomic E-state index is -1.04. The number of carbonyl (C=O) groups excluding carboxylic acids is 1. The second-order valence-electron chi connectivity index (χ2n) is 5.66. The average molecular weight is 295 g/mol. The van der Waals surface area contributed by atoms with Crippen LogP contribution in [0.2, 0.25) is 0 Å². The van der Waals surface area contributed by atoms with Crippen molar-refractivity contribution in [3.8, 4) is 5.75 Å². The van der Waals surface area contributed by atoms with Crippen molar-refractivity contribution in [3.05, 3.63) is 29.6 Å². The summed E-state index contributed by atoms with van der Waals surface area (Å²) in [7, 11) is 0. The van der Waals surface area contributed by atoms with Crippen LogP contribution in [0.5, 0.6) is 5.75 Å². The molecule has 0 radical (unpaired) electrons. The lowest BCUT2D eigenvalue weighted by Gasteiger charge is -2.38. The van der Waals surface area contributed by atoms with Gasteiger partial charge in [0.05, 0.1) is 11.0 Å². The van der Waals surface area contributed by atoms with Crippen molar-refractivity contribution in [3.63, 3.8) is 0 Å². The number of aliphatic carboxylic acids is 1. The summed E-state index contributed by atoms with van der Waals surface area (Å²) in [6.07, 6.45) is 2.65. The lowest BCUT2D eigenvalue weighted by Crippen LogP contribution is -2.52. The second kappa shape index (κ2) is 5.71. The molecule has 2 rings (SSSR count). The molecule has 0 saturated heterocycles. The van der Waals surface area contributed by atoms with Gasteiger partial charge >= 0.3 is 5.97 Å². The second-order valence-corrected chi connectivity index (χ2v) is 5.66. The summed E-state index contributed by atoms with van der Waals surface area (Å²) < 4.78 is 13.7. The van der Waals surface area contributed by atoms with Crippen LogP contribution in [0.1, 0.15) is 43.0 Å². The fourth-order valence-corrected chi connectivity index (χ4v) is 2.75. The Morgan fingerprint density at radius 2 is 2.10 bits per heavy atom. The molecular weight excluding hydrogens is 277 g/mol. The molecule has 1 amide bonds. The summed E-state index contributed by atoms with van der Waals surface area (Å²) in [5, 5.41) is 21.2. The van der Waals surface area contributed by atoms with E-state index in [1.54, 1.807) is 6.92 Å². The van der Waals surface area contributed by atoms with Crippen LogP contribution in [-0.2, 0) is 4.79 Å². The molecule has 1 saturated carbocycles. The van der Waals surface area contributed by atoms with Crippen molar-refractivity contribution in [2.24, 2.45) is 5.41 Å². The number of hydrogen-bond acceptors (Lipinski definition) is 3. The van der Waals surface area contributed by atoms with Crippen molar-refractivity contribution in [2.75, 3.05) is 0 Å². The standard InChI is InChI=1S/C15H18FNO4/c1-15(14(20)21)7-3-2-4-12(15)17-13(19)10-6-5-9(18)8-11(10)16/h5-6,8,12,18H,2-4,7H2,1H3,(H,17,19)(H,20,21). The molecule has 1 aliphatic carbocycles. The highest BCUT2D eigenvalue weighted by Gasteiger charge is 2.44. The summed E-state index contributed by atoms with van der Waals surface area (Å²) >= 11 is 0. The normalized spacial score (nSPS) is 25.3. The number of carboxylic acids is 1. The Bertz CT molecular complexity index is 575. The molecule has 0 spiro atoms. The van der Waals surface area contributed by atoms with Gasteiger partial charge in [-0.25, -0.2) is 4.39 Å². The van der Waals surface area contributed by atoms with E-state index in [9.17, 15) is 19.1 Å². The number of amides is 1. The number of carbonyl (C=O) groups is 2. The molecule has 1 aromatic carbocycles. The topological polar surface area (TPSA) is 86.6 Å². The molecular formula is C15H18FNO4. The van der Waals surface area contributed by atoms with Gasteiger partial charge in [-0.15, -0.1) is 0 Å². The summed E-state index contributed by atoms with van der Waals surface area (Å²) in [6.45, 7) is 1.60. The van der Waals surface area contributed by atoms with Crippen LogP contribution in [-0.4, -0.2) is 28.1 Å². The van der Waals surface area contributed by atoms with Gasteiger partial charge in [0.25, 0.3) is 5.91 Å². The van der Waals surface area contributed by atoms with Gasteiger partial charge in [0.15, 0.2) is 0 Å². The number of carboxylic acid groups (broad SMARTS) is 1. The maximum absolute atomic E-state index is 13.7. The van der Waals surface area contributed by atoms with Gasteiger partial charge < -0.3 is 15.5 Å². The Morgan fingerprint density at radius 3 is 2.71 bits per heavy atom. The maximum Gasteiger partial charge on any atom is 0.311 e. The van der Waals surface area contributed by atoms with Gasteiger partial charge in [0.1, 0.15) is 11.6 Å². The van der Waals surface area contributed by atoms with Gasteiger partial charge in [-0.2, -0.15) is 0 Å². The third-order valence-electron chi connectivity index (χ3n) is 4.20. The van der Waals surface area contributed by atoms with Crippen LogP contribution in [0, 0.1) is 11.2 Å². The average Bonchev–Trinajstić information content (AvgIpc) is 2.41. The first-order valence-electron chi connectivity index (χ1n) is 6.87.